The molecule has 0 atom stereocenters. The second-order valence-electron chi connectivity index (χ2n) is 4.03. The molecule has 0 saturated heterocycles. The van der Waals surface area contributed by atoms with E-state index in [1.165, 1.54) is 4.57 Å². The van der Waals surface area contributed by atoms with Crippen molar-refractivity contribution >= 4 is 35.9 Å². The van der Waals surface area contributed by atoms with Crippen LogP contribution in [0.3, 0.4) is 0 Å². The largest absolute Gasteiger partial charge is 0.492 e. The molecule has 1 aliphatic heterocycles. The van der Waals surface area contributed by atoms with E-state index >= 15 is 0 Å². The Kier molecular flexibility index (Phi) is 2.79. The summed E-state index contributed by atoms with van der Waals surface area (Å²) in [6, 6.07) is 3.76. The van der Waals surface area contributed by atoms with Crippen molar-refractivity contribution in [3.05, 3.63) is 34.5 Å². The maximum atomic E-state index is 10.0. The molecular weight excluding hydrogens is 262 g/mol. The fraction of sp³-hybridized carbons (Fsp3) is 0.154. The monoisotopic (exact) mass is 273 g/mol. The van der Waals surface area contributed by atoms with E-state index in [1.54, 1.807) is 18.5 Å². The van der Waals surface area contributed by atoms with E-state index in [2.05, 4.69) is 9.98 Å². The molecule has 0 bridgehead atoms. The summed E-state index contributed by atoms with van der Waals surface area (Å²) in [5, 5.41) is 10.0. The maximum Gasteiger partial charge on any atom is 0.272 e. The summed E-state index contributed by atoms with van der Waals surface area (Å²) in [6.07, 6.45) is 5.10. The van der Waals surface area contributed by atoms with Crippen molar-refractivity contribution in [1.82, 2.24) is 9.55 Å². The first-order valence-corrected chi connectivity index (χ1v) is 6.25. The van der Waals surface area contributed by atoms with Crippen molar-refractivity contribution in [1.29, 1.82) is 0 Å². The van der Waals surface area contributed by atoms with Gasteiger partial charge in [0.25, 0.3) is 4.84 Å². The topological polar surface area (TPSA) is 63.5 Å². The fourth-order valence-corrected chi connectivity index (χ4v) is 2.27. The van der Waals surface area contributed by atoms with Crippen LogP contribution in [0, 0.1) is 4.84 Å². The first-order chi connectivity index (χ1) is 9.20. The van der Waals surface area contributed by atoms with Crippen LogP contribution in [0.2, 0.25) is 0 Å². The zero-order valence-electron chi connectivity index (χ0n) is 10.2. The molecule has 19 heavy (non-hydrogen) atoms. The number of aliphatic imine (C=N–C) groups is 1. The molecule has 0 saturated carbocycles. The Morgan fingerprint density at radius 2 is 2.37 bits per heavy atom. The lowest BCUT2D eigenvalue weighted by Gasteiger charge is -1.98. The number of aromatic nitrogens is 2. The predicted molar refractivity (Wildman–Crippen MR) is 75.1 cm³/mol. The molecule has 0 spiro atoms. The van der Waals surface area contributed by atoms with Crippen LogP contribution in [-0.2, 0) is 6.54 Å². The normalized spacial score (nSPS) is 15.1. The van der Waals surface area contributed by atoms with Crippen molar-refractivity contribution in [3.8, 4) is 5.88 Å². The Balaban J connectivity index is 2.10. The second-order valence-corrected chi connectivity index (χ2v) is 4.38. The molecule has 5 nitrogen and oxygen atoms in total. The molecule has 1 aliphatic rings. The molecule has 0 fully saturated rings. The zero-order chi connectivity index (χ0) is 13.4. The van der Waals surface area contributed by atoms with Crippen molar-refractivity contribution in [2.24, 2.45) is 4.99 Å². The van der Waals surface area contributed by atoms with Crippen LogP contribution in [0.5, 0.6) is 5.88 Å². The molecule has 2 aromatic heterocycles. The number of rotatable bonds is 2. The molecule has 0 aromatic carbocycles. The van der Waals surface area contributed by atoms with Crippen LogP contribution in [-0.4, -0.2) is 20.9 Å². The summed E-state index contributed by atoms with van der Waals surface area (Å²) in [6.45, 7) is 2.45. The fourth-order valence-electron chi connectivity index (χ4n) is 1.97. The van der Waals surface area contributed by atoms with Crippen LogP contribution in [0.25, 0.3) is 11.6 Å². The van der Waals surface area contributed by atoms with Gasteiger partial charge in [-0.15, -0.1) is 0 Å². The molecule has 0 radical (unpaired) electrons. The van der Waals surface area contributed by atoms with Crippen LogP contribution in [0.15, 0.2) is 27.7 Å². The standard InChI is InChI=1S/C13H11N3O2S/c1-2-16-12(17)10(18-13(16)19)6-8-7-15-11-9(8)4-3-5-14-11/h3-7,17H,2H2,1H3/b8-6+. The van der Waals surface area contributed by atoms with Gasteiger partial charge in [0.15, 0.2) is 11.6 Å². The second kappa shape index (κ2) is 4.47. The highest BCUT2D eigenvalue weighted by Gasteiger charge is 2.16. The van der Waals surface area contributed by atoms with Gasteiger partial charge in [-0.25, -0.2) is 9.98 Å². The average Bonchev–Trinajstić information content (AvgIpc) is 2.93. The van der Waals surface area contributed by atoms with E-state index in [0.29, 0.717) is 18.1 Å². The average molecular weight is 273 g/mol. The van der Waals surface area contributed by atoms with Gasteiger partial charge in [0, 0.05) is 30.1 Å². The number of hydrogen-bond donors (Lipinski definition) is 1. The molecular formula is C13H11N3O2S. The van der Waals surface area contributed by atoms with Crippen molar-refractivity contribution in [2.45, 2.75) is 13.5 Å². The minimum Gasteiger partial charge on any atom is -0.492 e. The van der Waals surface area contributed by atoms with Gasteiger partial charge in [0.1, 0.15) is 0 Å². The zero-order valence-corrected chi connectivity index (χ0v) is 11.0. The summed E-state index contributed by atoms with van der Waals surface area (Å²) in [5.41, 5.74) is 1.75. The van der Waals surface area contributed by atoms with Gasteiger partial charge >= 0.3 is 0 Å². The highest BCUT2D eigenvalue weighted by Crippen LogP contribution is 2.32. The van der Waals surface area contributed by atoms with Crippen LogP contribution in [0.1, 0.15) is 18.2 Å². The van der Waals surface area contributed by atoms with Gasteiger partial charge in [-0.05, 0) is 37.4 Å². The van der Waals surface area contributed by atoms with E-state index in [1.807, 2.05) is 19.1 Å². The van der Waals surface area contributed by atoms with Gasteiger partial charge in [-0.3, -0.25) is 4.57 Å². The Morgan fingerprint density at radius 3 is 3.11 bits per heavy atom. The molecule has 3 rings (SSSR count). The van der Waals surface area contributed by atoms with E-state index in [9.17, 15) is 5.11 Å². The molecule has 2 aromatic rings. The van der Waals surface area contributed by atoms with E-state index in [4.69, 9.17) is 16.6 Å². The Bertz CT molecular complexity index is 755. The quantitative estimate of drug-likeness (QED) is 0.853. The third-order valence-corrected chi connectivity index (χ3v) is 3.22. The lowest BCUT2D eigenvalue weighted by atomic mass is 10.1. The molecule has 6 heteroatoms. The van der Waals surface area contributed by atoms with Crippen LogP contribution < -0.4 is 0 Å². The summed E-state index contributed by atoms with van der Waals surface area (Å²) in [5.74, 6) is 1.04. The molecule has 96 valence electrons. The number of oxazole rings is 1. The Labute approximate surface area is 114 Å². The van der Waals surface area contributed by atoms with Gasteiger partial charge in [-0.1, -0.05) is 0 Å². The third kappa shape index (κ3) is 1.90. The summed E-state index contributed by atoms with van der Waals surface area (Å²) in [4.78, 5) is 8.61. The van der Waals surface area contributed by atoms with Gasteiger partial charge < -0.3 is 9.52 Å². The molecule has 0 aliphatic carbocycles. The summed E-state index contributed by atoms with van der Waals surface area (Å²) < 4.78 is 6.91. The Hall–Kier alpha value is -2.21. The molecule has 0 amide bonds. The lowest BCUT2D eigenvalue weighted by Crippen LogP contribution is -1.91. The molecule has 1 N–H and O–H groups in total. The van der Waals surface area contributed by atoms with Gasteiger partial charge in [0.2, 0.25) is 5.88 Å². The smallest absolute Gasteiger partial charge is 0.272 e. The summed E-state index contributed by atoms with van der Waals surface area (Å²) >= 11 is 5.04. The number of fused-ring (bicyclic) bond motifs is 1. The van der Waals surface area contributed by atoms with E-state index in [0.717, 1.165) is 11.1 Å². The van der Waals surface area contributed by atoms with Crippen LogP contribution >= 0.6 is 12.2 Å². The minimum atomic E-state index is 0.0331. The highest BCUT2D eigenvalue weighted by molar-refractivity contribution is 7.71. The van der Waals surface area contributed by atoms with E-state index in [-0.39, 0.29) is 10.7 Å². The number of pyridine rings is 1. The van der Waals surface area contributed by atoms with Crippen LogP contribution in [0.4, 0.5) is 5.82 Å². The number of nitrogens with zero attached hydrogens (tertiary/aromatic N) is 3. The predicted octanol–water partition coefficient (Wildman–Crippen LogP) is 3.19. The molecule has 3 heterocycles. The van der Waals surface area contributed by atoms with E-state index < -0.39 is 0 Å². The minimum absolute atomic E-state index is 0.0331. The van der Waals surface area contributed by atoms with Crippen molar-refractivity contribution < 1.29 is 9.52 Å². The first kappa shape index (κ1) is 11.9. The lowest BCUT2D eigenvalue weighted by molar-refractivity contribution is 0.419. The Morgan fingerprint density at radius 1 is 1.53 bits per heavy atom. The van der Waals surface area contributed by atoms with Crippen molar-refractivity contribution in [3.63, 3.8) is 0 Å². The first-order valence-electron chi connectivity index (χ1n) is 5.84. The van der Waals surface area contributed by atoms with Gasteiger partial charge in [-0.2, -0.15) is 0 Å². The number of hydrogen-bond acceptors (Lipinski definition) is 5. The summed E-state index contributed by atoms with van der Waals surface area (Å²) in [7, 11) is 0. The molecule has 0 unspecified atom stereocenters. The highest BCUT2D eigenvalue weighted by atomic mass is 32.1. The number of allylic oxidation sites excluding steroid dienone is 1. The number of aromatic hydroxyl groups is 1. The third-order valence-electron chi connectivity index (χ3n) is 2.92. The SMILES string of the molecule is CCn1c(O)c(/C=C2\C=Nc3ncccc32)oc1=S. The van der Waals surface area contributed by atoms with Gasteiger partial charge in [0.05, 0.1) is 0 Å². The van der Waals surface area contributed by atoms with Crippen molar-refractivity contribution in [2.75, 3.05) is 0 Å². The maximum absolute atomic E-state index is 10.0.